The Morgan fingerprint density at radius 2 is 1.81 bits per heavy atom. The maximum atomic E-state index is 14.7. The lowest BCUT2D eigenvalue weighted by Crippen LogP contribution is -2.30. The second kappa shape index (κ2) is 8.62. The highest BCUT2D eigenvalue weighted by atomic mass is 19.4. The van der Waals surface area contributed by atoms with Crippen LogP contribution in [0, 0.1) is 29.4 Å². The average Bonchev–Trinajstić information content (AvgIpc) is 3.24. The number of fused-ring (bicyclic) bond motifs is 2. The van der Waals surface area contributed by atoms with Gasteiger partial charge in [-0.15, -0.1) is 0 Å². The molecule has 1 amide bonds. The number of hydrogen-bond acceptors (Lipinski definition) is 5. The number of alkyl halides is 3. The summed E-state index contributed by atoms with van der Waals surface area (Å²) in [5.41, 5.74) is -0.800. The van der Waals surface area contributed by atoms with Gasteiger partial charge in [-0.1, -0.05) is 6.42 Å². The van der Waals surface area contributed by atoms with Crippen LogP contribution in [0.2, 0.25) is 0 Å². The summed E-state index contributed by atoms with van der Waals surface area (Å²) in [5, 5.41) is 2.27. The fourth-order valence-corrected chi connectivity index (χ4v) is 6.27. The minimum absolute atomic E-state index is 0.0236. The Bertz CT molecular complexity index is 1150. The Balaban J connectivity index is 1.22. The molecule has 0 radical (unpaired) electrons. The van der Waals surface area contributed by atoms with Crippen LogP contribution in [0.4, 0.5) is 33.7 Å². The van der Waals surface area contributed by atoms with Gasteiger partial charge in [0.1, 0.15) is 12.2 Å². The van der Waals surface area contributed by atoms with Gasteiger partial charge in [0.2, 0.25) is 0 Å². The number of hydrogen-bond donors (Lipinski definition) is 1. The van der Waals surface area contributed by atoms with Gasteiger partial charge in [0.25, 0.3) is 11.9 Å². The van der Waals surface area contributed by atoms with E-state index >= 15 is 0 Å². The molecule has 3 aliphatic carbocycles. The van der Waals surface area contributed by atoms with E-state index < -0.39 is 47.3 Å². The lowest BCUT2D eigenvalue weighted by atomic mass is 10.1. The third kappa shape index (κ3) is 4.52. The van der Waals surface area contributed by atoms with Gasteiger partial charge in [-0.2, -0.15) is 18.2 Å². The first-order chi connectivity index (χ1) is 17.1. The number of nitrogens with zero attached hydrogens (tertiary/aromatic N) is 2. The van der Waals surface area contributed by atoms with E-state index in [4.69, 9.17) is 9.15 Å². The average molecular weight is 511 g/mol. The quantitative estimate of drug-likeness (QED) is 0.492. The number of nitrogens with one attached hydrogen (secondary N) is 1. The molecule has 1 aromatic carbocycles. The van der Waals surface area contributed by atoms with Gasteiger partial charge in [0.05, 0.1) is 6.10 Å². The summed E-state index contributed by atoms with van der Waals surface area (Å²) in [6.45, 7) is 0.586. The molecule has 0 spiro atoms. The minimum Gasteiger partial charge on any atom is -0.484 e. The van der Waals surface area contributed by atoms with Gasteiger partial charge in [-0.05, 0) is 56.3 Å². The summed E-state index contributed by atoms with van der Waals surface area (Å²) in [4.78, 5) is 18.8. The van der Waals surface area contributed by atoms with E-state index in [1.807, 2.05) is 4.90 Å². The largest absolute Gasteiger partial charge is 0.484 e. The van der Waals surface area contributed by atoms with E-state index in [1.54, 1.807) is 0 Å². The molecule has 2 aromatic rings. The number of carbonyl (C=O) groups excluding carboxylic acids is 1. The number of oxazole rings is 1. The zero-order chi connectivity index (χ0) is 25.2. The summed E-state index contributed by atoms with van der Waals surface area (Å²) < 4.78 is 79.9. The van der Waals surface area contributed by atoms with Crippen LogP contribution in [0.3, 0.4) is 0 Å². The molecule has 0 bridgehead atoms. The maximum Gasteiger partial charge on any atom is 0.396 e. The molecule has 6 rings (SSSR count). The maximum absolute atomic E-state index is 14.7. The molecule has 1 N–H and O–H groups in total. The van der Waals surface area contributed by atoms with Crippen molar-refractivity contribution in [2.75, 3.05) is 16.8 Å². The lowest BCUT2D eigenvalue weighted by molar-refractivity contribution is -0.130. The molecule has 4 unspecified atom stereocenters. The Hall–Kier alpha value is -2.85. The van der Waals surface area contributed by atoms with Crippen molar-refractivity contribution < 1.29 is 35.9 Å². The number of anilines is 2. The first kappa shape index (κ1) is 23.5. The van der Waals surface area contributed by atoms with Crippen LogP contribution < -0.4 is 15.0 Å². The summed E-state index contributed by atoms with van der Waals surface area (Å²) in [6.07, 6.45) is 0.132. The number of rotatable bonds is 6. The molecule has 36 heavy (non-hydrogen) atoms. The molecule has 1 saturated heterocycles. The zero-order valence-electron chi connectivity index (χ0n) is 19.4. The van der Waals surface area contributed by atoms with Crippen molar-refractivity contribution in [3.63, 3.8) is 0 Å². The third-order valence-electron chi connectivity index (χ3n) is 8.01. The van der Waals surface area contributed by atoms with Gasteiger partial charge in [0.15, 0.2) is 23.1 Å². The van der Waals surface area contributed by atoms with Gasteiger partial charge < -0.3 is 19.4 Å². The number of aromatic nitrogens is 1. The first-order valence-electron chi connectivity index (χ1n) is 12.4. The van der Waals surface area contributed by atoms with Gasteiger partial charge >= 0.3 is 6.18 Å². The second-order valence-electron chi connectivity index (χ2n) is 10.5. The Kier molecular flexibility index (Phi) is 5.64. The van der Waals surface area contributed by atoms with E-state index in [9.17, 15) is 26.7 Å². The van der Waals surface area contributed by atoms with Gasteiger partial charge in [-0.25, -0.2) is 8.78 Å². The molecule has 1 aliphatic heterocycles. The van der Waals surface area contributed by atoms with Crippen LogP contribution in [-0.4, -0.2) is 35.8 Å². The fourth-order valence-electron chi connectivity index (χ4n) is 6.27. The minimum atomic E-state index is -4.63. The highest BCUT2D eigenvalue weighted by Gasteiger charge is 2.47. The van der Waals surface area contributed by atoms with Gasteiger partial charge in [-0.3, -0.25) is 4.79 Å². The monoisotopic (exact) mass is 511 g/mol. The molecule has 11 heteroatoms. The number of ether oxygens (including phenoxy) is 1. The molecule has 194 valence electrons. The van der Waals surface area contributed by atoms with Crippen LogP contribution in [0.15, 0.2) is 16.5 Å². The second-order valence-corrected chi connectivity index (χ2v) is 10.5. The Morgan fingerprint density at radius 3 is 2.50 bits per heavy atom. The van der Waals surface area contributed by atoms with Crippen LogP contribution in [0.1, 0.15) is 61.2 Å². The number of amides is 1. The van der Waals surface area contributed by atoms with E-state index in [-0.39, 0.29) is 23.8 Å². The molecule has 2 heterocycles. The normalized spacial score (nSPS) is 28.8. The lowest BCUT2D eigenvalue weighted by Gasteiger charge is -2.21. The molecule has 4 aliphatic rings. The summed E-state index contributed by atoms with van der Waals surface area (Å²) >= 11 is 0. The van der Waals surface area contributed by atoms with Crippen LogP contribution in [0.5, 0.6) is 5.75 Å². The molecule has 1 aromatic heterocycles. The van der Waals surface area contributed by atoms with E-state index in [0.717, 1.165) is 57.1 Å². The Morgan fingerprint density at radius 1 is 1.08 bits per heavy atom. The summed E-state index contributed by atoms with van der Waals surface area (Å²) in [5.74, 6) is -2.59. The molecule has 3 saturated carbocycles. The van der Waals surface area contributed by atoms with Crippen LogP contribution in [0.25, 0.3) is 0 Å². The standard InChI is InChI=1S/C25H26F5N3O3/c26-17-9-15(10-18(27)22(17)35-16-7-13-6-14(13)8-16)31-23(34)21-20(11-25(28,29)30)36-24(32-21)33-5-4-12-2-1-3-19(12)33/h9-10,12-14,16,19H,1-8,11H2,(H,31,34). The SMILES string of the molecule is O=C(Nc1cc(F)c(OC2CC3CC3C2)c(F)c1)c1nc(N2CCC3CCCC32)oc1CC(F)(F)F. The number of benzene rings is 1. The van der Waals surface area contributed by atoms with Crippen molar-refractivity contribution in [1.29, 1.82) is 0 Å². The predicted molar refractivity (Wildman–Crippen MR) is 119 cm³/mol. The number of halogens is 5. The van der Waals surface area contributed by atoms with Gasteiger partial charge in [0, 0.05) is 30.4 Å². The van der Waals surface area contributed by atoms with Crippen molar-refractivity contribution in [3.8, 4) is 5.75 Å². The van der Waals surface area contributed by atoms with Crippen molar-refractivity contribution in [2.45, 2.75) is 69.7 Å². The predicted octanol–water partition coefficient (Wildman–Crippen LogP) is 5.87. The van der Waals surface area contributed by atoms with Crippen molar-refractivity contribution in [1.82, 2.24) is 4.98 Å². The van der Waals surface area contributed by atoms with Crippen LogP contribution >= 0.6 is 0 Å². The van der Waals surface area contributed by atoms with E-state index in [0.29, 0.717) is 24.3 Å². The fraction of sp³-hybridized carbons (Fsp3) is 0.600. The van der Waals surface area contributed by atoms with Crippen molar-refractivity contribution in [2.24, 2.45) is 17.8 Å². The highest BCUT2D eigenvalue weighted by Crippen LogP contribution is 2.52. The topological polar surface area (TPSA) is 67.6 Å². The Labute approximate surface area is 204 Å². The molecular weight excluding hydrogens is 485 g/mol. The van der Waals surface area contributed by atoms with E-state index in [1.165, 1.54) is 0 Å². The molecular formula is C25H26F5N3O3. The number of carbonyl (C=O) groups is 1. The molecule has 4 fully saturated rings. The summed E-state index contributed by atoms with van der Waals surface area (Å²) in [6, 6.07) is 1.88. The van der Waals surface area contributed by atoms with Crippen LogP contribution in [-0.2, 0) is 6.42 Å². The zero-order valence-corrected chi connectivity index (χ0v) is 19.4. The first-order valence-corrected chi connectivity index (χ1v) is 12.4. The van der Waals surface area contributed by atoms with Crippen molar-refractivity contribution >= 4 is 17.6 Å². The highest BCUT2D eigenvalue weighted by molar-refractivity contribution is 6.03. The third-order valence-corrected chi connectivity index (χ3v) is 8.01. The van der Waals surface area contributed by atoms with E-state index in [2.05, 4.69) is 10.3 Å². The molecule has 6 nitrogen and oxygen atoms in total. The van der Waals surface area contributed by atoms with Crippen molar-refractivity contribution in [3.05, 3.63) is 35.2 Å². The molecule has 4 atom stereocenters. The summed E-state index contributed by atoms with van der Waals surface area (Å²) in [7, 11) is 0. The smallest absolute Gasteiger partial charge is 0.396 e.